The Labute approximate surface area is 156 Å². The lowest BCUT2D eigenvalue weighted by Gasteiger charge is -2.07. The van der Waals surface area contributed by atoms with Crippen molar-refractivity contribution >= 4 is 45.8 Å². The summed E-state index contributed by atoms with van der Waals surface area (Å²) in [6.45, 7) is 1.55. The number of hydrogen-bond donors (Lipinski definition) is 2. The second-order valence-corrected chi connectivity index (χ2v) is 6.39. The second kappa shape index (κ2) is 8.65. The Hall–Kier alpha value is -2.36. The predicted octanol–water partition coefficient (Wildman–Crippen LogP) is 3.70. The lowest BCUT2D eigenvalue weighted by atomic mass is 10.2. The standard InChI is InChI=1S/C17H14F2IN3O2/c1-10(22-23-17(25)11-2-5-13(20)6-3-11)8-16(24)21-15-7-4-12(18)9-14(15)19/h2-7,9H,8H2,1H3,(H,21,24)(H,23,25)/b22-10-. The van der Waals surface area contributed by atoms with E-state index in [1.165, 1.54) is 0 Å². The minimum atomic E-state index is -0.866. The Morgan fingerprint density at radius 2 is 1.80 bits per heavy atom. The van der Waals surface area contributed by atoms with E-state index in [2.05, 4.69) is 38.4 Å². The van der Waals surface area contributed by atoms with Crippen LogP contribution in [-0.2, 0) is 4.79 Å². The van der Waals surface area contributed by atoms with Crippen LogP contribution in [0.15, 0.2) is 47.6 Å². The summed E-state index contributed by atoms with van der Waals surface area (Å²) in [7, 11) is 0. The van der Waals surface area contributed by atoms with Gasteiger partial charge in [0.2, 0.25) is 5.91 Å². The zero-order chi connectivity index (χ0) is 18.4. The molecule has 0 saturated heterocycles. The fourth-order valence-corrected chi connectivity index (χ4v) is 2.23. The van der Waals surface area contributed by atoms with Gasteiger partial charge in [-0.15, -0.1) is 0 Å². The number of nitrogens with one attached hydrogen (secondary N) is 2. The molecule has 5 nitrogen and oxygen atoms in total. The summed E-state index contributed by atoms with van der Waals surface area (Å²) in [5.74, 6) is -2.53. The fraction of sp³-hybridized carbons (Fsp3) is 0.118. The van der Waals surface area contributed by atoms with Crippen molar-refractivity contribution in [3.8, 4) is 0 Å². The maximum absolute atomic E-state index is 13.5. The number of anilines is 1. The van der Waals surface area contributed by atoms with Crippen LogP contribution in [-0.4, -0.2) is 17.5 Å². The molecule has 130 valence electrons. The fourth-order valence-electron chi connectivity index (χ4n) is 1.87. The average Bonchev–Trinajstić information content (AvgIpc) is 2.56. The van der Waals surface area contributed by atoms with E-state index in [0.717, 1.165) is 15.7 Å². The van der Waals surface area contributed by atoms with E-state index >= 15 is 0 Å². The smallest absolute Gasteiger partial charge is 0.271 e. The highest BCUT2D eigenvalue weighted by Gasteiger charge is 2.10. The molecular weight excluding hydrogens is 443 g/mol. The first-order chi connectivity index (χ1) is 11.8. The highest BCUT2D eigenvalue weighted by Crippen LogP contribution is 2.15. The summed E-state index contributed by atoms with van der Waals surface area (Å²) in [5, 5.41) is 6.16. The molecule has 2 N–H and O–H groups in total. The molecule has 0 aliphatic rings. The molecule has 0 aliphatic heterocycles. The van der Waals surface area contributed by atoms with Crippen LogP contribution < -0.4 is 10.7 Å². The number of benzene rings is 2. The summed E-state index contributed by atoms with van der Waals surface area (Å²) >= 11 is 2.13. The first-order valence-electron chi connectivity index (χ1n) is 7.19. The van der Waals surface area contributed by atoms with E-state index in [4.69, 9.17) is 0 Å². The van der Waals surface area contributed by atoms with Gasteiger partial charge < -0.3 is 5.32 Å². The van der Waals surface area contributed by atoms with Crippen molar-refractivity contribution in [2.45, 2.75) is 13.3 Å². The number of carbonyl (C=O) groups excluding carboxylic acids is 2. The van der Waals surface area contributed by atoms with E-state index < -0.39 is 23.4 Å². The Balaban J connectivity index is 1.90. The third-order valence-electron chi connectivity index (χ3n) is 3.08. The van der Waals surface area contributed by atoms with Gasteiger partial charge in [0.25, 0.3) is 5.91 Å². The van der Waals surface area contributed by atoms with Crippen molar-refractivity contribution in [2.75, 3.05) is 5.32 Å². The molecule has 0 radical (unpaired) electrons. The second-order valence-electron chi connectivity index (χ2n) is 5.14. The van der Waals surface area contributed by atoms with Crippen LogP contribution in [0.4, 0.5) is 14.5 Å². The molecule has 0 saturated carbocycles. The minimum absolute atomic E-state index is 0.123. The molecule has 2 rings (SSSR count). The van der Waals surface area contributed by atoms with Gasteiger partial charge in [0, 0.05) is 20.9 Å². The Kier molecular flexibility index (Phi) is 6.57. The zero-order valence-electron chi connectivity index (χ0n) is 13.1. The number of hydrazone groups is 1. The van der Waals surface area contributed by atoms with Gasteiger partial charge >= 0.3 is 0 Å². The van der Waals surface area contributed by atoms with Crippen LogP contribution in [0.1, 0.15) is 23.7 Å². The maximum Gasteiger partial charge on any atom is 0.271 e. The number of rotatable bonds is 5. The average molecular weight is 457 g/mol. The van der Waals surface area contributed by atoms with E-state index in [-0.39, 0.29) is 12.1 Å². The summed E-state index contributed by atoms with van der Waals surface area (Å²) in [5.41, 5.74) is 3.00. The topological polar surface area (TPSA) is 70.6 Å². The number of amides is 2. The Morgan fingerprint density at radius 3 is 2.44 bits per heavy atom. The number of nitrogens with zero attached hydrogens (tertiary/aromatic N) is 1. The van der Waals surface area contributed by atoms with Gasteiger partial charge in [-0.05, 0) is 65.9 Å². The molecular formula is C17H14F2IN3O2. The molecule has 0 bridgehead atoms. The predicted molar refractivity (Wildman–Crippen MR) is 99.3 cm³/mol. The Morgan fingerprint density at radius 1 is 1.12 bits per heavy atom. The van der Waals surface area contributed by atoms with Gasteiger partial charge in [0.05, 0.1) is 12.1 Å². The first kappa shape index (κ1) is 19.0. The molecule has 0 heterocycles. The minimum Gasteiger partial charge on any atom is -0.323 e. The van der Waals surface area contributed by atoms with Crippen LogP contribution in [0.25, 0.3) is 0 Å². The third kappa shape index (κ3) is 5.89. The van der Waals surface area contributed by atoms with Gasteiger partial charge in [0.15, 0.2) is 0 Å². The van der Waals surface area contributed by atoms with Crippen LogP contribution >= 0.6 is 22.6 Å². The maximum atomic E-state index is 13.5. The molecule has 0 aromatic heterocycles. The van der Waals surface area contributed by atoms with Crippen LogP contribution in [0, 0.1) is 15.2 Å². The molecule has 2 amide bonds. The number of halogens is 3. The number of carbonyl (C=O) groups is 2. The van der Waals surface area contributed by atoms with Gasteiger partial charge in [-0.25, -0.2) is 14.2 Å². The molecule has 2 aromatic rings. The third-order valence-corrected chi connectivity index (χ3v) is 3.80. The van der Waals surface area contributed by atoms with E-state index in [0.29, 0.717) is 17.3 Å². The molecule has 0 fully saturated rings. The lowest BCUT2D eigenvalue weighted by molar-refractivity contribution is -0.115. The highest BCUT2D eigenvalue weighted by molar-refractivity contribution is 14.1. The van der Waals surface area contributed by atoms with Crippen molar-refractivity contribution in [1.82, 2.24) is 5.43 Å². The monoisotopic (exact) mass is 457 g/mol. The quantitative estimate of drug-likeness (QED) is 0.409. The normalized spacial score (nSPS) is 11.1. The number of hydrogen-bond acceptors (Lipinski definition) is 3. The van der Waals surface area contributed by atoms with Crippen molar-refractivity contribution in [3.63, 3.8) is 0 Å². The van der Waals surface area contributed by atoms with Crippen LogP contribution in [0.5, 0.6) is 0 Å². The summed E-state index contributed by atoms with van der Waals surface area (Å²) in [6.07, 6.45) is -0.149. The van der Waals surface area contributed by atoms with Gasteiger partial charge in [-0.3, -0.25) is 9.59 Å². The molecule has 2 aromatic carbocycles. The Bertz CT molecular complexity index is 823. The van der Waals surface area contributed by atoms with Gasteiger partial charge in [0.1, 0.15) is 11.6 Å². The van der Waals surface area contributed by atoms with Crippen molar-refractivity contribution in [2.24, 2.45) is 5.10 Å². The summed E-state index contributed by atoms with van der Waals surface area (Å²) in [6, 6.07) is 9.75. The lowest BCUT2D eigenvalue weighted by Crippen LogP contribution is -2.21. The van der Waals surface area contributed by atoms with Gasteiger partial charge in [-0.1, -0.05) is 0 Å². The summed E-state index contributed by atoms with van der Waals surface area (Å²) < 4.78 is 27.3. The van der Waals surface area contributed by atoms with Gasteiger partial charge in [-0.2, -0.15) is 5.10 Å². The summed E-state index contributed by atoms with van der Waals surface area (Å²) in [4.78, 5) is 23.8. The first-order valence-corrected chi connectivity index (χ1v) is 8.27. The van der Waals surface area contributed by atoms with Crippen LogP contribution in [0.2, 0.25) is 0 Å². The highest BCUT2D eigenvalue weighted by atomic mass is 127. The SMILES string of the molecule is C/C(CC(=O)Nc1ccc(F)cc1F)=N/NC(=O)c1ccc(I)cc1. The van der Waals surface area contributed by atoms with Crippen molar-refractivity contribution in [1.29, 1.82) is 0 Å². The molecule has 8 heteroatoms. The molecule has 0 aliphatic carbocycles. The van der Waals surface area contributed by atoms with Crippen LogP contribution in [0.3, 0.4) is 0 Å². The zero-order valence-corrected chi connectivity index (χ0v) is 15.3. The molecule has 0 unspecified atom stereocenters. The molecule has 25 heavy (non-hydrogen) atoms. The van der Waals surface area contributed by atoms with Crippen molar-refractivity contribution < 1.29 is 18.4 Å². The largest absolute Gasteiger partial charge is 0.323 e. The van der Waals surface area contributed by atoms with E-state index in [9.17, 15) is 18.4 Å². The van der Waals surface area contributed by atoms with E-state index in [1.54, 1.807) is 31.2 Å². The molecule has 0 spiro atoms. The van der Waals surface area contributed by atoms with E-state index in [1.807, 2.05) is 0 Å². The molecule has 0 atom stereocenters. The van der Waals surface area contributed by atoms with Crippen molar-refractivity contribution in [3.05, 3.63) is 63.2 Å².